The van der Waals surface area contributed by atoms with Crippen LogP contribution in [0.5, 0.6) is 0 Å². The van der Waals surface area contributed by atoms with Crippen molar-refractivity contribution in [3.63, 3.8) is 0 Å². The molecule has 0 saturated carbocycles. The normalized spacial score (nSPS) is 13.2. The Balaban J connectivity index is 2.58. The molecule has 2 nitrogen and oxygen atoms in total. The lowest BCUT2D eigenvalue weighted by atomic mass is 10.3. The zero-order valence-corrected chi connectivity index (χ0v) is 8.29. The zero-order chi connectivity index (χ0) is 9.52. The molecule has 0 unspecified atom stereocenters. The van der Waals surface area contributed by atoms with Crippen LogP contribution in [0.3, 0.4) is 0 Å². The molecule has 0 radical (unpaired) electrons. The van der Waals surface area contributed by atoms with E-state index in [1.807, 2.05) is 29.7 Å². The van der Waals surface area contributed by atoms with Crippen LogP contribution in [0.4, 0.5) is 0 Å². The molecule has 1 heterocycles. The van der Waals surface area contributed by atoms with E-state index >= 15 is 0 Å². The van der Waals surface area contributed by atoms with Crippen molar-refractivity contribution in [2.45, 2.75) is 0 Å². The molecular formula is C10H12N2S. The first-order chi connectivity index (χ1) is 6.33. The van der Waals surface area contributed by atoms with E-state index in [4.69, 9.17) is 5.73 Å². The largest absolute Gasteiger partial charge is 0.399 e. The fourth-order valence-electron chi connectivity index (χ4n) is 0.781. The summed E-state index contributed by atoms with van der Waals surface area (Å²) in [4.78, 5) is 5.01. The van der Waals surface area contributed by atoms with E-state index in [1.54, 1.807) is 30.7 Å². The predicted octanol–water partition coefficient (Wildman–Crippen LogP) is 2.30. The molecule has 0 spiro atoms. The molecule has 13 heavy (non-hydrogen) atoms. The second kappa shape index (κ2) is 5.32. The summed E-state index contributed by atoms with van der Waals surface area (Å²) in [5.74, 6) is 0. The number of allylic oxidation sites excluding steroid dienone is 2. The van der Waals surface area contributed by atoms with Crippen molar-refractivity contribution in [1.29, 1.82) is 0 Å². The van der Waals surface area contributed by atoms with Crippen molar-refractivity contribution in [1.82, 2.24) is 0 Å². The number of hydrogen-bond acceptors (Lipinski definition) is 3. The third-order valence-electron chi connectivity index (χ3n) is 1.40. The minimum Gasteiger partial charge on any atom is -0.399 e. The summed E-state index contributed by atoms with van der Waals surface area (Å²) < 4.78 is 0. The minimum atomic E-state index is 0.707. The number of nitrogens with two attached hydrogens (primary N) is 1. The van der Waals surface area contributed by atoms with E-state index < -0.39 is 0 Å². The Morgan fingerprint density at radius 3 is 3.08 bits per heavy atom. The molecule has 0 atom stereocenters. The highest BCUT2D eigenvalue weighted by Crippen LogP contribution is 2.10. The summed E-state index contributed by atoms with van der Waals surface area (Å²) in [6.45, 7) is 0. The van der Waals surface area contributed by atoms with Gasteiger partial charge in [-0.3, -0.25) is 4.99 Å². The molecule has 68 valence electrons. The van der Waals surface area contributed by atoms with E-state index in [0.717, 1.165) is 0 Å². The van der Waals surface area contributed by atoms with Crippen molar-refractivity contribution in [3.8, 4) is 0 Å². The van der Waals surface area contributed by atoms with E-state index in [-0.39, 0.29) is 0 Å². The lowest BCUT2D eigenvalue weighted by Crippen LogP contribution is -1.92. The van der Waals surface area contributed by atoms with Gasteiger partial charge in [-0.1, -0.05) is 6.07 Å². The summed E-state index contributed by atoms with van der Waals surface area (Å²) in [6, 6.07) is 4.06. The van der Waals surface area contributed by atoms with Gasteiger partial charge < -0.3 is 5.73 Å². The van der Waals surface area contributed by atoms with Gasteiger partial charge >= 0.3 is 0 Å². The molecule has 1 rings (SSSR count). The number of nitrogens with zero attached hydrogens (tertiary/aromatic N) is 1. The molecule has 0 saturated heterocycles. The smallest absolute Gasteiger partial charge is 0.0329 e. The van der Waals surface area contributed by atoms with Crippen molar-refractivity contribution in [2.24, 2.45) is 10.7 Å². The van der Waals surface area contributed by atoms with E-state index in [1.165, 1.54) is 4.88 Å². The van der Waals surface area contributed by atoms with Gasteiger partial charge in [0.05, 0.1) is 0 Å². The fourth-order valence-corrected chi connectivity index (χ4v) is 1.40. The molecule has 0 aliphatic carbocycles. The zero-order valence-electron chi connectivity index (χ0n) is 7.47. The van der Waals surface area contributed by atoms with Gasteiger partial charge in [-0.2, -0.15) is 0 Å². The molecule has 0 amide bonds. The number of thiophene rings is 1. The summed E-state index contributed by atoms with van der Waals surface area (Å²) in [5, 5.41) is 2.03. The first kappa shape index (κ1) is 9.74. The topological polar surface area (TPSA) is 38.4 Å². The molecule has 0 fully saturated rings. The van der Waals surface area contributed by atoms with Crippen LogP contribution in [0.2, 0.25) is 0 Å². The molecule has 2 N–H and O–H groups in total. The van der Waals surface area contributed by atoms with Gasteiger partial charge in [0.25, 0.3) is 0 Å². The average molecular weight is 192 g/mol. The molecule has 1 aromatic heterocycles. The van der Waals surface area contributed by atoms with Gasteiger partial charge in [0.1, 0.15) is 0 Å². The minimum absolute atomic E-state index is 0.707. The Labute approximate surface area is 82.1 Å². The third kappa shape index (κ3) is 3.71. The van der Waals surface area contributed by atoms with E-state index in [2.05, 4.69) is 4.99 Å². The van der Waals surface area contributed by atoms with Gasteiger partial charge in [-0.25, -0.2) is 0 Å². The summed E-state index contributed by atoms with van der Waals surface area (Å²) in [7, 11) is 1.72. The fraction of sp³-hybridized carbons (Fsp3) is 0.100. The van der Waals surface area contributed by atoms with Crippen LogP contribution < -0.4 is 5.73 Å². The highest BCUT2D eigenvalue weighted by atomic mass is 32.1. The first-order valence-electron chi connectivity index (χ1n) is 3.92. The average Bonchev–Trinajstić information content (AvgIpc) is 2.64. The first-order valence-corrected chi connectivity index (χ1v) is 4.80. The quantitative estimate of drug-likeness (QED) is 0.579. The number of hydrogen-bond donors (Lipinski definition) is 1. The van der Waals surface area contributed by atoms with Crippen molar-refractivity contribution >= 4 is 23.6 Å². The van der Waals surface area contributed by atoms with Crippen LogP contribution in [0.15, 0.2) is 40.4 Å². The Bertz CT molecular complexity index is 321. The molecule has 1 aromatic rings. The molecule has 3 heteroatoms. The van der Waals surface area contributed by atoms with E-state index in [9.17, 15) is 0 Å². The van der Waals surface area contributed by atoms with Crippen LogP contribution in [0.1, 0.15) is 4.88 Å². The second-order valence-corrected chi connectivity index (χ2v) is 3.40. The molecular weight excluding hydrogens is 180 g/mol. The van der Waals surface area contributed by atoms with Crippen LogP contribution in [-0.4, -0.2) is 13.3 Å². The number of rotatable bonds is 3. The van der Waals surface area contributed by atoms with E-state index in [0.29, 0.717) is 5.70 Å². The maximum atomic E-state index is 5.66. The molecule has 0 aliphatic rings. The Hall–Kier alpha value is -1.35. The SMILES string of the molecule is CN=C/C=C(N)/C=C/c1cccs1. The highest BCUT2D eigenvalue weighted by Gasteiger charge is 1.85. The number of aliphatic imine (C=N–C) groups is 1. The van der Waals surface area contributed by atoms with Crippen LogP contribution in [0.25, 0.3) is 6.08 Å². The molecule has 0 aromatic carbocycles. The molecule has 0 bridgehead atoms. The second-order valence-electron chi connectivity index (χ2n) is 2.42. The van der Waals surface area contributed by atoms with Gasteiger partial charge in [0, 0.05) is 23.8 Å². The van der Waals surface area contributed by atoms with Gasteiger partial charge in [0.2, 0.25) is 0 Å². The van der Waals surface area contributed by atoms with Crippen LogP contribution >= 0.6 is 11.3 Å². The van der Waals surface area contributed by atoms with Gasteiger partial charge in [-0.05, 0) is 29.7 Å². The molecule has 0 aliphatic heterocycles. The van der Waals surface area contributed by atoms with Crippen LogP contribution in [0, 0.1) is 0 Å². The summed E-state index contributed by atoms with van der Waals surface area (Å²) in [6.07, 6.45) is 7.30. The Kier molecular flexibility index (Phi) is 3.99. The third-order valence-corrected chi connectivity index (χ3v) is 2.24. The van der Waals surface area contributed by atoms with Crippen molar-refractivity contribution in [2.75, 3.05) is 7.05 Å². The summed E-state index contributed by atoms with van der Waals surface area (Å²) >= 11 is 1.69. The lowest BCUT2D eigenvalue weighted by Gasteiger charge is -1.87. The summed E-state index contributed by atoms with van der Waals surface area (Å²) in [5.41, 5.74) is 6.37. The van der Waals surface area contributed by atoms with Crippen LogP contribution in [-0.2, 0) is 0 Å². The monoisotopic (exact) mass is 192 g/mol. The standard InChI is InChI=1S/C10H12N2S/c1-12-7-6-9(11)4-5-10-3-2-8-13-10/h2-8H,11H2,1H3/b5-4+,9-6-,12-7?. The highest BCUT2D eigenvalue weighted by molar-refractivity contribution is 7.10. The predicted molar refractivity (Wildman–Crippen MR) is 60.0 cm³/mol. The maximum Gasteiger partial charge on any atom is 0.0329 e. The van der Waals surface area contributed by atoms with Gasteiger partial charge in [-0.15, -0.1) is 11.3 Å². The van der Waals surface area contributed by atoms with Gasteiger partial charge in [0.15, 0.2) is 0 Å². The lowest BCUT2D eigenvalue weighted by molar-refractivity contribution is 1.43. The van der Waals surface area contributed by atoms with Crippen molar-refractivity contribution in [3.05, 3.63) is 40.2 Å². The van der Waals surface area contributed by atoms with Crippen molar-refractivity contribution < 1.29 is 0 Å². The Morgan fingerprint density at radius 2 is 2.46 bits per heavy atom. The Morgan fingerprint density at radius 1 is 1.62 bits per heavy atom. The maximum absolute atomic E-state index is 5.66.